The Balaban J connectivity index is 2.35. The lowest BCUT2D eigenvalue weighted by molar-refractivity contribution is 0.415. The summed E-state index contributed by atoms with van der Waals surface area (Å²) in [6.45, 7) is 4.51. The van der Waals surface area contributed by atoms with E-state index >= 15 is 0 Å². The van der Waals surface area contributed by atoms with Gasteiger partial charge in [-0.1, -0.05) is 0 Å². The van der Waals surface area contributed by atoms with Gasteiger partial charge in [-0.25, -0.2) is 14.4 Å². The number of aromatic nitrogens is 2. The van der Waals surface area contributed by atoms with Gasteiger partial charge in [-0.15, -0.1) is 0 Å². The number of benzene rings is 1. The molecule has 0 aliphatic heterocycles. The molecular weight excluding hydrogens is 259 g/mol. The summed E-state index contributed by atoms with van der Waals surface area (Å²) in [4.78, 5) is 8.25. The number of halogens is 1. The number of nitrogens with one attached hydrogen (secondary N) is 2. The Morgan fingerprint density at radius 3 is 2.60 bits per heavy atom. The summed E-state index contributed by atoms with van der Waals surface area (Å²) < 4.78 is 18.7. The molecule has 0 saturated heterocycles. The predicted molar refractivity (Wildman–Crippen MR) is 77.2 cm³/mol. The second-order valence-corrected chi connectivity index (χ2v) is 4.28. The van der Waals surface area contributed by atoms with Crippen molar-refractivity contribution in [3.63, 3.8) is 0 Å². The fourth-order valence-corrected chi connectivity index (χ4v) is 1.89. The normalized spacial score (nSPS) is 10.2. The SMILES string of the molecule is CCNc1ncnc(Nc2cc(C)cc(F)c2)c1OC. The third-order valence-electron chi connectivity index (χ3n) is 2.66. The first-order valence-electron chi connectivity index (χ1n) is 6.31. The highest BCUT2D eigenvalue weighted by Crippen LogP contribution is 2.31. The average Bonchev–Trinajstić information content (AvgIpc) is 2.38. The van der Waals surface area contributed by atoms with Gasteiger partial charge >= 0.3 is 0 Å². The van der Waals surface area contributed by atoms with Crippen molar-refractivity contribution < 1.29 is 9.13 Å². The molecular formula is C14H17FN4O. The van der Waals surface area contributed by atoms with Crippen LogP contribution in [0.2, 0.25) is 0 Å². The summed E-state index contributed by atoms with van der Waals surface area (Å²) in [7, 11) is 1.54. The molecule has 1 heterocycles. The number of methoxy groups -OCH3 is 1. The number of anilines is 3. The first kappa shape index (κ1) is 14.0. The zero-order chi connectivity index (χ0) is 14.5. The number of hydrogen-bond acceptors (Lipinski definition) is 5. The van der Waals surface area contributed by atoms with E-state index in [1.54, 1.807) is 7.11 Å². The van der Waals surface area contributed by atoms with Crippen molar-refractivity contribution in [3.05, 3.63) is 35.9 Å². The fraction of sp³-hybridized carbons (Fsp3) is 0.286. The van der Waals surface area contributed by atoms with Gasteiger partial charge in [-0.2, -0.15) is 0 Å². The molecule has 20 heavy (non-hydrogen) atoms. The minimum absolute atomic E-state index is 0.299. The number of ether oxygens (including phenoxy) is 1. The first-order valence-corrected chi connectivity index (χ1v) is 6.31. The average molecular weight is 276 g/mol. The van der Waals surface area contributed by atoms with E-state index in [4.69, 9.17) is 4.74 Å². The number of hydrogen-bond donors (Lipinski definition) is 2. The molecule has 0 aliphatic carbocycles. The van der Waals surface area contributed by atoms with Crippen LogP contribution in [0.4, 0.5) is 21.7 Å². The Morgan fingerprint density at radius 1 is 1.20 bits per heavy atom. The standard InChI is InChI=1S/C14H17FN4O/c1-4-16-13-12(20-3)14(18-8-17-13)19-11-6-9(2)5-10(15)7-11/h5-8H,4H2,1-3H3,(H2,16,17,18,19). The monoisotopic (exact) mass is 276 g/mol. The summed E-state index contributed by atoms with van der Waals surface area (Å²) in [5.41, 5.74) is 1.44. The molecule has 0 atom stereocenters. The largest absolute Gasteiger partial charge is 0.490 e. The topological polar surface area (TPSA) is 59.1 Å². The molecule has 0 aliphatic rings. The van der Waals surface area contributed by atoms with Crippen molar-refractivity contribution >= 4 is 17.3 Å². The lowest BCUT2D eigenvalue weighted by Crippen LogP contribution is -2.06. The third kappa shape index (κ3) is 3.14. The number of aryl methyl sites for hydroxylation is 1. The summed E-state index contributed by atoms with van der Waals surface area (Å²) in [5.74, 6) is 1.28. The molecule has 1 aromatic heterocycles. The molecule has 0 saturated carbocycles. The van der Waals surface area contributed by atoms with Crippen molar-refractivity contribution in [2.24, 2.45) is 0 Å². The molecule has 0 bridgehead atoms. The Hall–Kier alpha value is -2.37. The molecule has 5 nitrogen and oxygen atoms in total. The summed E-state index contributed by atoms with van der Waals surface area (Å²) >= 11 is 0. The van der Waals surface area contributed by atoms with Crippen LogP contribution in [0.3, 0.4) is 0 Å². The maximum Gasteiger partial charge on any atom is 0.204 e. The smallest absolute Gasteiger partial charge is 0.204 e. The predicted octanol–water partition coefficient (Wildman–Crippen LogP) is 3.11. The quantitative estimate of drug-likeness (QED) is 0.878. The Morgan fingerprint density at radius 2 is 1.95 bits per heavy atom. The van der Waals surface area contributed by atoms with Gasteiger partial charge in [0.05, 0.1) is 7.11 Å². The Bertz CT molecular complexity index is 583. The number of rotatable bonds is 5. The molecule has 2 N–H and O–H groups in total. The van der Waals surface area contributed by atoms with E-state index in [0.717, 1.165) is 5.56 Å². The van der Waals surface area contributed by atoms with Crippen LogP contribution in [-0.4, -0.2) is 23.6 Å². The first-order chi connectivity index (χ1) is 9.63. The second-order valence-electron chi connectivity index (χ2n) is 4.28. The van der Waals surface area contributed by atoms with E-state index in [2.05, 4.69) is 20.6 Å². The second kappa shape index (κ2) is 6.18. The summed E-state index contributed by atoms with van der Waals surface area (Å²) in [6.07, 6.45) is 1.43. The maximum atomic E-state index is 13.4. The minimum atomic E-state index is -0.299. The molecule has 106 valence electrons. The van der Waals surface area contributed by atoms with Gasteiger partial charge in [0, 0.05) is 12.2 Å². The van der Waals surface area contributed by atoms with Gasteiger partial charge in [-0.05, 0) is 37.6 Å². The van der Waals surface area contributed by atoms with Gasteiger partial charge in [0.1, 0.15) is 12.1 Å². The highest BCUT2D eigenvalue weighted by Gasteiger charge is 2.12. The van der Waals surface area contributed by atoms with E-state index < -0.39 is 0 Å². The van der Waals surface area contributed by atoms with Crippen LogP contribution in [0.15, 0.2) is 24.5 Å². The minimum Gasteiger partial charge on any atom is -0.490 e. The maximum absolute atomic E-state index is 13.4. The third-order valence-corrected chi connectivity index (χ3v) is 2.66. The molecule has 2 aromatic rings. The Kier molecular flexibility index (Phi) is 4.34. The molecule has 1 aromatic carbocycles. The van der Waals surface area contributed by atoms with Crippen LogP contribution >= 0.6 is 0 Å². The molecule has 6 heteroatoms. The zero-order valence-electron chi connectivity index (χ0n) is 11.7. The van der Waals surface area contributed by atoms with Gasteiger partial charge in [0.15, 0.2) is 11.6 Å². The van der Waals surface area contributed by atoms with Gasteiger partial charge < -0.3 is 15.4 Å². The van der Waals surface area contributed by atoms with E-state index in [1.807, 2.05) is 19.9 Å². The van der Waals surface area contributed by atoms with Crippen LogP contribution in [0.1, 0.15) is 12.5 Å². The van der Waals surface area contributed by atoms with Crippen LogP contribution in [0.25, 0.3) is 0 Å². The summed E-state index contributed by atoms with van der Waals surface area (Å²) in [5, 5.41) is 6.13. The molecule has 0 radical (unpaired) electrons. The highest BCUT2D eigenvalue weighted by atomic mass is 19.1. The highest BCUT2D eigenvalue weighted by molar-refractivity contribution is 5.69. The van der Waals surface area contributed by atoms with E-state index in [-0.39, 0.29) is 5.82 Å². The van der Waals surface area contributed by atoms with E-state index in [0.29, 0.717) is 29.6 Å². The lowest BCUT2D eigenvalue weighted by atomic mass is 10.2. The van der Waals surface area contributed by atoms with Gasteiger partial charge in [0.2, 0.25) is 5.75 Å². The van der Waals surface area contributed by atoms with Crippen molar-refractivity contribution in [3.8, 4) is 5.75 Å². The lowest BCUT2D eigenvalue weighted by Gasteiger charge is -2.13. The van der Waals surface area contributed by atoms with E-state index in [9.17, 15) is 4.39 Å². The van der Waals surface area contributed by atoms with E-state index in [1.165, 1.54) is 18.5 Å². The Labute approximate surface area is 117 Å². The molecule has 0 fully saturated rings. The van der Waals surface area contributed by atoms with Crippen LogP contribution in [0, 0.1) is 12.7 Å². The number of nitrogens with zero attached hydrogens (tertiary/aromatic N) is 2. The van der Waals surface area contributed by atoms with Gasteiger partial charge in [0.25, 0.3) is 0 Å². The van der Waals surface area contributed by atoms with Gasteiger partial charge in [-0.3, -0.25) is 0 Å². The zero-order valence-corrected chi connectivity index (χ0v) is 11.7. The molecule has 0 spiro atoms. The van der Waals surface area contributed by atoms with Crippen LogP contribution in [0.5, 0.6) is 5.75 Å². The van der Waals surface area contributed by atoms with Crippen LogP contribution < -0.4 is 15.4 Å². The molecule has 2 rings (SSSR count). The fourth-order valence-electron chi connectivity index (χ4n) is 1.89. The van der Waals surface area contributed by atoms with Crippen molar-refractivity contribution in [1.82, 2.24) is 9.97 Å². The van der Waals surface area contributed by atoms with Crippen molar-refractivity contribution in [1.29, 1.82) is 0 Å². The summed E-state index contributed by atoms with van der Waals surface area (Å²) in [6, 6.07) is 4.70. The van der Waals surface area contributed by atoms with Crippen LogP contribution in [-0.2, 0) is 0 Å². The molecule has 0 amide bonds. The van der Waals surface area contributed by atoms with Crippen molar-refractivity contribution in [2.45, 2.75) is 13.8 Å². The molecule has 0 unspecified atom stereocenters. The van der Waals surface area contributed by atoms with Crippen molar-refractivity contribution in [2.75, 3.05) is 24.3 Å².